The van der Waals surface area contributed by atoms with Crippen LogP contribution in [0, 0.1) is 6.92 Å². The second-order valence-electron chi connectivity index (χ2n) is 4.49. The first-order chi connectivity index (χ1) is 9.99. The molecule has 0 fully saturated rings. The van der Waals surface area contributed by atoms with E-state index in [1.807, 2.05) is 6.92 Å². The smallest absolute Gasteiger partial charge is 0.240 e. The molecule has 2 rings (SSSR count). The fourth-order valence-electron chi connectivity index (χ4n) is 1.70. The van der Waals surface area contributed by atoms with Crippen molar-refractivity contribution in [2.24, 2.45) is 0 Å². The lowest BCUT2D eigenvalue weighted by Crippen LogP contribution is -2.29. The average Bonchev–Trinajstić information content (AvgIpc) is 2.46. The summed E-state index contributed by atoms with van der Waals surface area (Å²) in [7, 11) is -3.48. The van der Waals surface area contributed by atoms with Gasteiger partial charge in [0, 0.05) is 25.5 Å². The lowest BCUT2D eigenvalue weighted by Gasteiger charge is -2.09. The fourth-order valence-corrected chi connectivity index (χ4v) is 2.92. The second kappa shape index (κ2) is 6.89. The van der Waals surface area contributed by atoms with Crippen molar-refractivity contribution < 1.29 is 8.42 Å². The van der Waals surface area contributed by atoms with Gasteiger partial charge in [-0.2, -0.15) is 0 Å². The molecule has 21 heavy (non-hydrogen) atoms. The number of sulfonamides is 1. The SMILES string of the molecule is Cc1ccc(S(=O)(=O)NCCNc2ccncc2Cl)cc1. The Bertz CT molecular complexity index is 702. The van der Waals surface area contributed by atoms with Gasteiger partial charge in [0.15, 0.2) is 0 Å². The maximum Gasteiger partial charge on any atom is 0.240 e. The minimum atomic E-state index is -3.48. The molecule has 0 saturated heterocycles. The predicted octanol–water partition coefficient (Wildman–Crippen LogP) is 2.43. The molecule has 1 aromatic carbocycles. The number of nitrogens with zero attached hydrogens (tertiary/aromatic N) is 1. The molecule has 0 aliphatic rings. The molecule has 112 valence electrons. The van der Waals surface area contributed by atoms with Crippen molar-refractivity contribution in [1.29, 1.82) is 0 Å². The Hall–Kier alpha value is -1.63. The minimum absolute atomic E-state index is 0.259. The van der Waals surface area contributed by atoms with Gasteiger partial charge in [0.25, 0.3) is 0 Å². The van der Waals surface area contributed by atoms with E-state index in [1.54, 1.807) is 36.5 Å². The molecular weight excluding hydrogens is 310 g/mol. The van der Waals surface area contributed by atoms with Gasteiger partial charge in [0.2, 0.25) is 10.0 Å². The Labute approximate surface area is 129 Å². The number of aryl methyl sites for hydroxylation is 1. The van der Waals surface area contributed by atoms with Gasteiger partial charge in [0.1, 0.15) is 0 Å². The third-order valence-corrected chi connectivity index (χ3v) is 4.61. The molecule has 0 spiro atoms. The van der Waals surface area contributed by atoms with E-state index in [4.69, 9.17) is 11.6 Å². The topological polar surface area (TPSA) is 71.1 Å². The van der Waals surface area contributed by atoms with Crippen molar-refractivity contribution in [3.05, 3.63) is 53.3 Å². The largest absolute Gasteiger partial charge is 0.382 e. The summed E-state index contributed by atoms with van der Waals surface area (Å²) in [6, 6.07) is 8.44. The van der Waals surface area contributed by atoms with Crippen LogP contribution < -0.4 is 10.0 Å². The number of aromatic nitrogens is 1. The predicted molar refractivity (Wildman–Crippen MR) is 84.1 cm³/mol. The number of hydrogen-bond donors (Lipinski definition) is 2. The molecule has 2 N–H and O–H groups in total. The molecule has 0 bridgehead atoms. The van der Waals surface area contributed by atoms with Gasteiger partial charge < -0.3 is 5.32 Å². The minimum Gasteiger partial charge on any atom is -0.382 e. The van der Waals surface area contributed by atoms with E-state index >= 15 is 0 Å². The zero-order valence-corrected chi connectivity index (χ0v) is 13.1. The van der Waals surface area contributed by atoms with Crippen LogP contribution in [0.25, 0.3) is 0 Å². The van der Waals surface area contributed by atoms with Crippen molar-refractivity contribution in [3.63, 3.8) is 0 Å². The zero-order valence-electron chi connectivity index (χ0n) is 11.5. The fraction of sp³-hybridized carbons (Fsp3) is 0.214. The summed E-state index contributed by atoms with van der Waals surface area (Å²) < 4.78 is 26.6. The summed E-state index contributed by atoms with van der Waals surface area (Å²) in [5.74, 6) is 0. The van der Waals surface area contributed by atoms with Crippen LogP contribution in [0.4, 0.5) is 5.69 Å². The molecule has 0 unspecified atom stereocenters. The van der Waals surface area contributed by atoms with E-state index in [2.05, 4.69) is 15.0 Å². The highest BCUT2D eigenvalue weighted by atomic mass is 35.5. The van der Waals surface area contributed by atoms with Gasteiger partial charge in [-0.05, 0) is 25.1 Å². The highest BCUT2D eigenvalue weighted by molar-refractivity contribution is 7.89. The molecule has 5 nitrogen and oxygen atoms in total. The third-order valence-electron chi connectivity index (χ3n) is 2.84. The molecule has 2 aromatic rings. The maximum absolute atomic E-state index is 12.0. The van der Waals surface area contributed by atoms with Crippen molar-refractivity contribution in [2.45, 2.75) is 11.8 Å². The molecule has 0 radical (unpaired) electrons. The summed E-state index contributed by atoms with van der Waals surface area (Å²) in [6.07, 6.45) is 3.14. The number of benzene rings is 1. The van der Waals surface area contributed by atoms with Crippen molar-refractivity contribution in [3.8, 4) is 0 Å². The Morgan fingerprint density at radius 3 is 2.52 bits per heavy atom. The standard InChI is InChI=1S/C14H16ClN3O2S/c1-11-2-4-12(5-3-11)21(19,20)18-9-8-17-14-6-7-16-10-13(14)15/h2-7,10,18H,8-9H2,1H3,(H,16,17). The molecule has 0 aliphatic heterocycles. The highest BCUT2D eigenvalue weighted by Crippen LogP contribution is 2.18. The molecule has 0 aliphatic carbocycles. The molecule has 0 atom stereocenters. The zero-order chi connectivity index (χ0) is 15.3. The molecular formula is C14H16ClN3O2S. The average molecular weight is 326 g/mol. The summed E-state index contributed by atoms with van der Waals surface area (Å²) in [5, 5.41) is 3.55. The van der Waals surface area contributed by atoms with E-state index < -0.39 is 10.0 Å². The van der Waals surface area contributed by atoms with Crippen LogP contribution in [-0.2, 0) is 10.0 Å². The van der Waals surface area contributed by atoms with Crippen LogP contribution in [0.5, 0.6) is 0 Å². The van der Waals surface area contributed by atoms with Gasteiger partial charge >= 0.3 is 0 Å². The Balaban J connectivity index is 1.88. The third kappa shape index (κ3) is 4.42. The Morgan fingerprint density at radius 2 is 1.86 bits per heavy atom. The van der Waals surface area contributed by atoms with Gasteiger partial charge in [-0.3, -0.25) is 4.98 Å². The second-order valence-corrected chi connectivity index (χ2v) is 6.67. The summed E-state index contributed by atoms with van der Waals surface area (Å²) in [5.41, 5.74) is 1.74. The van der Waals surface area contributed by atoms with Crippen LogP contribution in [0.15, 0.2) is 47.6 Å². The first-order valence-corrected chi connectivity index (χ1v) is 8.25. The molecule has 1 heterocycles. The van der Waals surface area contributed by atoms with Crippen LogP contribution in [0.3, 0.4) is 0 Å². The lowest BCUT2D eigenvalue weighted by atomic mass is 10.2. The van der Waals surface area contributed by atoms with Crippen LogP contribution in [0.2, 0.25) is 5.02 Å². The number of rotatable bonds is 6. The van der Waals surface area contributed by atoms with Crippen LogP contribution >= 0.6 is 11.6 Å². The number of hydrogen-bond acceptors (Lipinski definition) is 4. The Morgan fingerprint density at radius 1 is 1.14 bits per heavy atom. The van der Waals surface area contributed by atoms with Crippen molar-refractivity contribution >= 4 is 27.3 Å². The Kier molecular flexibility index (Phi) is 5.17. The molecule has 0 saturated carbocycles. The van der Waals surface area contributed by atoms with Crippen molar-refractivity contribution in [2.75, 3.05) is 18.4 Å². The van der Waals surface area contributed by atoms with E-state index in [1.165, 1.54) is 6.20 Å². The summed E-state index contributed by atoms with van der Waals surface area (Å²) >= 11 is 5.94. The molecule has 7 heteroatoms. The maximum atomic E-state index is 12.0. The lowest BCUT2D eigenvalue weighted by molar-refractivity contribution is 0.583. The van der Waals surface area contributed by atoms with E-state index in [0.29, 0.717) is 11.6 Å². The first kappa shape index (κ1) is 15.8. The highest BCUT2D eigenvalue weighted by Gasteiger charge is 2.12. The summed E-state index contributed by atoms with van der Waals surface area (Å²) in [4.78, 5) is 4.14. The van der Waals surface area contributed by atoms with Crippen LogP contribution in [-0.4, -0.2) is 26.5 Å². The molecule has 0 amide bonds. The van der Waals surface area contributed by atoms with E-state index in [0.717, 1.165) is 11.3 Å². The number of halogens is 1. The molecule has 1 aromatic heterocycles. The first-order valence-electron chi connectivity index (χ1n) is 6.39. The van der Waals surface area contributed by atoms with Gasteiger partial charge in [-0.1, -0.05) is 29.3 Å². The van der Waals surface area contributed by atoms with E-state index in [9.17, 15) is 8.42 Å². The van der Waals surface area contributed by atoms with Gasteiger partial charge in [-0.25, -0.2) is 13.1 Å². The van der Waals surface area contributed by atoms with Gasteiger partial charge in [-0.15, -0.1) is 0 Å². The van der Waals surface area contributed by atoms with Crippen molar-refractivity contribution in [1.82, 2.24) is 9.71 Å². The monoisotopic (exact) mass is 325 g/mol. The summed E-state index contributed by atoms with van der Waals surface area (Å²) in [6.45, 7) is 2.59. The van der Waals surface area contributed by atoms with E-state index in [-0.39, 0.29) is 11.4 Å². The number of anilines is 1. The van der Waals surface area contributed by atoms with Gasteiger partial charge in [0.05, 0.1) is 15.6 Å². The normalized spacial score (nSPS) is 11.3. The quantitative estimate of drug-likeness (QED) is 0.800. The van der Waals surface area contributed by atoms with Crippen LogP contribution in [0.1, 0.15) is 5.56 Å². The number of nitrogens with one attached hydrogen (secondary N) is 2. The number of pyridine rings is 1.